The molecule has 1 amide bonds. The van der Waals surface area contributed by atoms with Crippen LogP contribution in [-0.2, 0) is 0 Å². The van der Waals surface area contributed by atoms with Crippen molar-refractivity contribution in [1.82, 2.24) is 14.9 Å². The molecule has 27 heavy (non-hydrogen) atoms. The van der Waals surface area contributed by atoms with Crippen molar-refractivity contribution in [2.45, 2.75) is 24.3 Å². The Morgan fingerprint density at radius 3 is 2.56 bits per heavy atom. The Balaban J connectivity index is 1.85. The summed E-state index contributed by atoms with van der Waals surface area (Å²) in [5.41, 5.74) is 0.964. The van der Waals surface area contributed by atoms with Crippen LogP contribution < -0.4 is 4.74 Å². The number of likely N-dealkylation sites (tertiary alicyclic amines) is 1. The molecule has 0 aliphatic carbocycles. The van der Waals surface area contributed by atoms with Gasteiger partial charge in [0.25, 0.3) is 5.91 Å². The predicted molar refractivity (Wildman–Crippen MR) is 111 cm³/mol. The lowest BCUT2D eigenvalue weighted by molar-refractivity contribution is 0.0726. The fraction of sp³-hybridized carbons (Fsp3) is 0.350. The summed E-state index contributed by atoms with van der Waals surface area (Å²) in [5.74, 6) is 1.32. The van der Waals surface area contributed by atoms with Crippen LogP contribution in [0.2, 0.25) is 0 Å². The largest absolute Gasteiger partial charge is 0.494 e. The highest BCUT2D eigenvalue weighted by Gasteiger charge is 2.28. The van der Waals surface area contributed by atoms with Crippen LogP contribution >= 0.6 is 23.1 Å². The standard InChI is InChI=1S/C20H21N3O2S2/c1-25-15-14-18(26-2)21-17(13-9-5-3-6-10-13)22-19(14)27-16(15)20(24)23-11-7-4-8-12-23/h3,5-6,9-10H,4,7-8,11-12H2,1-2H3. The van der Waals surface area contributed by atoms with E-state index in [-0.39, 0.29) is 5.91 Å². The Kier molecular flexibility index (Phi) is 5.31. The van der Waals surface area contributed by atoms with Crippen LogP contribution in [0.1, 0.15) is 28.9 Å². The third-order valence-electron chi connectivity index (χ3n) is 4.74. The zero-order chi connectivity index (χ0) is 18.8. The van der Waals surface area contributed by atoms with Crippen LogP contribution in [0.5, 0.6) is 5.75 Å². The van der Waals surface area contributed by atoms with E-state index >= 15 is 0 Å². The van der Waals surface area contributed by atoms with Crippen LogP contribution in [0.3, 0.4) is 0 Å². The van der Waals surface area contributed by atoms with Gasteiger partial charge in [0, 0.05) is 18.7 Å². The fourth-order valence-electron chi connectivity index (χ4n) is 3.39. The second-order valence-corrected chi connectivity index (χ2v) is 8.21. The van der Waals surface area contributed by atoms with Crippen molar-refractivity contribution in [3.63, 3.8) is 0 Å². The summed E-state index contributed by atoms with van der Waals surface area (Å²) in [6.07, 6.45) is 5.30. The molecule has 140 valence electrons. The fourth-order valence-corrected chi connectivity index (χ4v) is 5.13. The number of thiophene rings is 1. The van der Waals surface area contributed by atoms with Gasteiger partial charge in [0.1, 0.15) is 14.7 Å². The second kappa shape index (κ2) is 7.86. The molecular weight excluding hydrogens is 378 g/mol. The molecule has 3 heterocycles. The molecular formula is C20H21N3O2S2. The number of hydrogen-bond donors (Lipinski definition) is 0. The van der Waals surface area contributed by atoms with E-state index < -0.39 is 0 Å². The minimum atomic E-state index is 0.0443. The lowest BCUT2D eigenvalue weighted by atomic mass is 10.1. The number of benzene rings is 1. The first-order valence-electron chi connectivity index (χ1n) is 9.00. The number of piperidine rings is 1. The van der Waals surface area contributed by atoms with Crippen LogP contribution in [-0.4, -0.2) is 47.2 Å². The highest BCUT2D eigenvalue weighted by atomic mass is 32.2. The molecule has 0 radical (unpaired) electrons. The summed E-state index contributed by atoms with van der Waals surface area (Å²) < 4.78 is 5.67. The van der Waals surface area contributed by atoms with Crippen LogP contribution in [0.15, 0.2) is 35.4 Å². The normalized spacial score (nSPS) is 14.5. The molecule has 1 saturated heterocycles. The van der Waals surface area contributed by atoms with Gasteiger partial charge in [-0.3, -0.25) is 4.79 Å². The van der Waals surface area contributed by atoms with E-state index in [1.54, 1.807) is 18.9 Å². The highest BCUT2D eigenvalue weighted by Crippen LogP contribution is 2.42. The van der Waals surface area contributed by atoms with Gasteiger partial charge in [-0.2, -0.15) is 0 Å². The third kappa shape index (κ3) is 3.41. The Morgan fingerprint density at radius 2 is 1.89 bits per heavy atom. The van der Waals surface area contributed by atoms with Crippen molar-refractivity contribution in [2.75, 3.05) is 26.5 Å². The number of carbonyl (C=O) groups excluding carboxylic acids is 1. The van der Waals surface area contributed by atoms with Crippen molar-refractivity contribution in [1.29, 1.82) is 0 Å². The van der Waals surface area contributed by atoms with Crippen LogP contribution in [0, 0.1) is 0 Å². The SMILES string of the molecule is COc1c(C(=O)N2CCCCC2)sc2nc(-c3ccccc3)nc(SC)c12. The number of amides is 1. The van der Waals surface area contributed by atoms with E-state index in [0.29, 0.717) is 16.5 Å². The van der Waals surface area contributed by atoms with Crippen LogP contribution in [0.4, 0.5) is 0 Å². The Labute approximate surface area is 166 Å². The molecule has 1 fully saturated rings. The second-order valence-electron chi connectivity index (χ2n) is 6.42. The number of fused-ring (bicyclic) bond motifs is 1. The number of hydrogen-bond acceptors (Lipinski definition) is 6. The van der Waals surface area contributed by atoms with Gasteiger partial charge < -0.3 is 9.64 Å². The van der Waals surface area contributed by atoms with E-state index in [0.717, 1.165) is 46.7 Å². The van der Waals surface area contributed by atoms with Gasteiger partial charge in [-0.05, 0) is 25.5 Å². The average Bonchev–Trinajstić information content (AvgIpc) is 3.12. The molecule has 0 spiro atoms. The number of nitrogens with zero attached hydrogens (tertiary/aromatic N) is 3. The van der Waals surface area contributed by atoms with E-state index in [9.17, 15) is 4.79 Å². The van der Waals surface area contributed by atoms with E-state index in [2.05, 4.69) is 0 Å². The molecule has 0 unspecified atom stereocenters. The van der Waals surface area contributed by atoms with Gasteiger partial charge in [0.2, 0.25) is 0 Å². The third-order valence-corrected chi connectivity index (χ3v) is 6.48. The summed E-state index contributed by atoms with van der Waals surface area (Å²) in [6, 6.07) is 9.91. The van der Waals surface area contributed by atoms with E-state index in [1.807, 2.05) is 41.5 Å². The maximum Gasteiger partial charge on any atom is 0.267 e. The molecule has 0 saturated carbocycles. The monoisotopic (exact) mass is 399 g/mol. The minimum Gasteiger partial charge on any atom is -0.494 e. The Morgan fingerprint density at radius 1 is 1.15 bits per heavy atom. The molecule has 4 rings (SSSR count). The summed E-state index contributed by atoms with van der Waals surface area (Å²) >= 11 is 2.96. The summed E-state index contributed by atoms with van der Waals surface area (Å²) in [7, 11) is 1.61. The van der Waals surface area contributed by atoms with Gasteiger partial charge in [-0.25, -0.2) is 9.97 Å². The Bertz CT molecular complexity index is 966. The molecule has 0 atom stereocenters. The lowest BCUT2D eigenvalue weighted by Crippen LogP contribution is -2.35. The summed E-state index contributed by atoms with van der Waals surface area (Å²) in [6.45, 7) is 1.62. The van der Waals surface area contributed by atoms with Crippen molar-refractivity contribution in [2.24, 2.45) is 0 Å². The molecule has 1 aromatic carbocycles. The zero-order valence-electron chi connectivity index (χ0n) is 15.4. The minimum absolute atomic E-state index is 0.0443. The molecule has 5 nitrogen and oxygen atoms in total. The van der Waals surface area contributed by atoms with Gasteiger partial charge in [-0.15, -0.1) is 23.1 Å². The van der Waals surface area contributed by atoms with Crippen LogP contribution in [0.25, 0.3) is 21.6 Å². The Hall–Kier alpha value is -2.12. The maximum atomic E-state index is 13.1. The van der Waals surface area contributed by atoms with Crippen molar-refractivity contribution < 1.29 is 9.53 Å². The molecule has 7 heteroatoms. The van der Waals surface area contributed by atoms with E-state index in [1.165, 1.54) is 17.8 Å². The first kappa shape index (κ1) is 18.3. The van der Waals surface area contributed by atoms with Crippen molar-refractivity contribution in [3.8, 4) is 17.1 Å². The molecule has 1 aliphatic heterocycles. The zero-order valence-corrected chi connectivity index (χ0v) is 17.0. The van der Waals surface area contributed by atoms with Crippen molar-refractivity contribution >= 4 is 39.2 Å². The molecule has 1 aliphatic rings. The number of thioether (sulfide) groups is 1. The lowest BCUT2D eigenvalue weighted by Gasteiger charge is -2.26. The number of methoxy groups -OCH3 is 1. The first-order chi connectivity index (χ1) is 13.2. The number of rotatable bonds is 4. The molecule has 0 bridgehead atoms. The number of carbonyl (C=O) groups is 1. The smallest absolute Gasteiger partial charge is 0.267 e. The number of ether oxygens (including phenoxy) is 1. The van der Waals surface area contributed by atoms with Crippen molar-refractivity contribution in [3.05, 3.63) is 35.2 Å². The maximum absolute atomic E-state index is 13.1. The molecule has 2 aromatic heterocycles. The predicted octanol–water partition coefficient (Wildman–Crippen LogP) is 4.71. The highest BCUT2D eigenvalue weighted by molar-refractivity contribution is 7.98. The quantitative estimate of drug-likeness (QED) is 0.469. The van der Waals surface area contributed by atoms with Gasteiger partial charge in [0.15, 0.2) is 11.6 Å². The summed E-state index contributed by atoms with van der Waals surface area (Å²) in [5, 5.41) is 1.68. The topological polar surface area (TPSA) is 55.3 Å². The van der Waals surface area contributed by atoms with Gasteiger partial charge in [0.05, 0.1) is 12.5 Å². The summed E-state index contributed by atoms with van der Waals surface area (Å²) in [4.78, 5) is 26.0. The number of aromatic nitrogens is 2. The average molecular weight is 400 g/mol. The van der Waals surface area contributed by atoms with Gasteiger partial charge in [-0.1, -0.05) is 30.3 Å². The van der Waals surface area contributed by atoms with Gasteiger partial charge >= 0.3 is 0 Å². The van der Waals surface area contributed by atoms with E-state index in [4.69, 9.17) is 14.7 Å². The molecule has 3 aromatic rings. The molecule has 0 N–H and O–H groups in total. The first-order valence-corrected chi connectivity index (χ1v) is 11.0.